The minimum absolute atomic E-state index is 0.0412. The standard InChI is InChI=1S/C21H24ClN3O5S/c1-14-8-15(2)13-24(12-14)31(29,30)18-5-3-4-16(9-18)21(26)11-23-17-6-7-20(25(27)28)19(22)10-17/h3-7,9-10,14-15,23H,8,11-13H2,1-2H3. The summed E-state index contributed by atoms with van der Waals surface area (Å²) >= 11 is 5.88. The van der Waals surface area contributed by atoms with Crippen LogP contribution in [0.25, 0.3) is 0 Å². The largest absolute Gasteiger partial charge is 0.378 e. The Balaban J connectivity index is 1.73. The van der Waals surface area contributed by atoms with Crippen LogP contribution in [0.4, 0.5) is 11.4 Å². The van der Waals surface area contributed by atoms with Crippen LogP contribution in [0.1, 0.15) is 30.6 Å². The number of hydrogen-bond donors (Lipinski definition) is 1. The number of nitrogens with one attached hydrogen (secondary N) is 1. The van der Waals surface area contributed by atoms with Gasteiger partial charge in [-0.3, -0.25) is 14.9 Å². The molecule has 0 amide bonds. The molecule has 0 saturated carbocycles. The molecule has 2 unspecified atom stereocenters. The van der Waals surface area contributed by atoms with E-state index in [-0.39, 0.29) is 45.3 Å². The Labute approximate surface area is 186 Å². The predicted octanol–water partition coefficient (Wildman–Crippen LogP) is 4.21. The summed E-state index contributed by atoms with van der Waals surface area (Å²) in [5.41, 5.74) is 0.488. The maximum atomic E-state index is 13.1. The zero-order valence-electron chi connectivity index (χ0n) is 17.2. The van der Waals surface area contributed by atoms with Crippen LogP contribution in [0.3, 0.4) is 0 Å². The minimum Gasteiger partial charge on any atom is -0.378 e. The number of carbonyl (C=O) groups excluding carboxylic acids is 1. The number of rotatable bonds is 7. The van der Waals surface area contributed by atoms with Gasteiger partial charge < -0.3 is 5.32 Å². The maximum Gasteiger partial charge on any atom is 0.288 e. The Bertz CT molecular complexity index is 1100. The summed E-state index contributed by atoms with van der Waals surface area (Å²) in [6.07, 6.45) is 0.989. The topological polar surface area (TPSA) is 110 Å². The van der Waals surface area contributed by atoms with Crippen LogP contribution >= 0.6 is 11.6 Å². The van der Waals surface area contributed by atoms with Crippen molar-refractivity contribution in [3.8, 4) is 0 Å². The van der Waals surface area contributed by atoms with Crippen molar-refractivity contribution >= 4 is 38.8 Å². The molecule has 0 aliphatic carbocycles. The van der Waals surface area contributed by atoms with Crippen molar-refractivity contribution in [2.75, 3.05) is 25.0 Å². The average molecular weight is 466 g/mol. The third kappa shape index (κ3) is 5.41. The smallest absolute Gasteiger partial charge is 0.288 e. The molecule has 3 rings (SSSR count). The van der Waals surface area contributed by atoms with Crippen LogP contribution in [0, 0.1) is 22.0 Å². The summed E-state index contributed by atoms with van der Waals surface area (Å²) in [5, 5.41) is 13.7. The Hall–Kier alpha value is -2.49. The summed E-state index contributed by atoms with van der Waals surface area (Å²) in [5.74, 6) is 0.244. The number of nitro groups is 1. The number of piperidine rings is 1. The summed E-state index contributed by atoms with van der Waals surface area (Å²) in [7, 11) is -3.69. The molecule has 2 atom stereocenters. The van der Waals surface area contributed by atoms with E-state index in [0.717, 1.165) is 6.42 Å². The van der Waals surface area contributed by atoms with Crippen molar-refractivity contribution in [1.82, 2.24) is 4.31 Å². The number of nitro benzene ring substituents is 1. The first-order valence-corrected chi connectivity index (χ1v) is 11.7. The number of carbonyl (C=O) groups is 1. The molecule has 1 heterocycles. The number of ketones is 1. The van der Waals surface area contributed by atoms with Gasteiger partial charge in [-0.15, -0.1) is 0 Å². The van der Waals surface area contributed by atoms with Crippen molar-refractivity contribution < 1.29 is 18.1 Å². The fourth-order valence-corrected chi connectivity index (χ4v) is 5.81. The van der Waals surface area contributed by atoms with Gasteiger partial charge in [0.15, 0.2) is 5.78 Å². The molecule has 0 aromatic heterocycles. The Morgan fingerprint density at radius 2 is 1.87 bits per heavy atom. The lowest BCUT2D eigenvalue weighted by molar-refractivity contribution is -0.384. The van der Waals surface area contributed by atoms with Crippen LogP contribution in [-0.2, 0) is 10.0 Å². The maximum absolute atomic E-state index is 13.1. The number of hydrogen-bond acceptors (Lipinski definition) is 6. The van der Waals surface area contributed by atoms with Crippen LogP contribution < -0.4 is 5.32 Å². The fourth-order valence-electron chi connectivity index (χ4n) is 3.83. The molecular formula is C21H24ClN3O5S. The van der Waals surface area contributed by atoms with Gasteiger partial charge in [0, 0.05) is 30.4 Å². The molecule has 0 spiro atoms. The summed E-state index contributed by atoms with van der Waals surface area (Å²) in [4.78, 5) is 23.0. The molecule has 0 radical (unpaired) electrons. The van der Waals surface area contributed by atoms with Crippen LogP contribution in [0.15, 0.2) is 47.4 Å². The Morgan fingerprint density at radius 1 is 1.19 bits per heavy atom. The molecule has 1 fully saturated rings. The molecule has 0 bridgehead atoms. The number of halogens is 1. The molecule has 1 aliphatic rings. The third-order valence-electron chi connectivity index (χ3n) is 5.23. The molecule has 8 nitrogen and oxygen atoms in total. The van der Waals surface area contributed by atoms with Gasteiger partial charge in [0.25, 0.3) is 5.69 Å². The highest BCUT2D eigenvalue weighted by molar-refractivity contribution is 7.89. The van der Waals surface area contributed by atoms with E-state index in [1.807, 2.05) is 13.8 Å². The van der Waals surface area contributed by atoms with E-state index < -0.39 is 14.9 Å². The van der Waals surface area contributed by atoms with E-state index >= 15 is 0 Å². The minimum atomic E-state index is -3.69. The van der Waals surface area contributed by atoms with E-state index in [1.165, 1.54) is 34.6 Å². The lowest BCUT2D eigenvalue weighted by atomic mass is 9.94. The zero-order chi connectivity index (χ0) is 22.8. The molecule has 1 N–H and O–H groups in total. The summed E-state index contributed by atoms with van der Waals surface area (Å²) in [6.45, 7) is 4.89. The first-order valence-electron chi connectivity index (χ1n) is 9.89. The lowest BCUT2D eigenvalue weighted by Gasteiger charge is -2.34. The highest BCUT2D eigenvalue weighted by atomic mass is 35.5. The number of benzene rings is 2. The fraction of sp³-hybridized carbons (Fsp3) is 0.381. The molecular weight excluding hydrogens is 442 g/mol. The Kier molecular flexibility index (Phi) is 6.98. The van der Waals surface area contributed by atoms with Crippen molar-refractivity contribution in [2.24, 2.45) is 11.8 Å². The van der Waals surface area contributed by atoms with Crippen molar-refractivity contribution in [2.45, 2.75) is 25.2 Å². The predicted molar refractivity (Wildman–Crippen MR) is 119 cm³/mol. The van der Waals surface area contributed by atoms with Crippen molar-refractivity contribution in [3.63, 3.8) is 0 Å². The van der Waals surface area contributed by atoms with Crippen molar-refractivity contribution in [3.05, 3.63) is 63.2 Å². The number of nitrogens with zero attached hydrogens (tertiary/aromatic N) is 2. The number of sulfonamides is 1. The van der Waals surface area contributed by atoms with Gasteiger partial charge in [-0.05, 0) is 42.5 Å². The van der Waals surface area contributed by atoms with Gasteiger partial charge >= 0.3 is 0 Å². The third-order valence-corrected chi connectivity index (χ3v) is 7.36. The lowest BCUT2D eigenvalue weighted by Crippen LogP contribution is -2.42. The highest BCUT2D eigenvalue weighted by Crippen LogP contribution is 2.28. The van der Waals surface area contributed by atoms with Crippen LogP contribution in [0.5, 0.6) is 0 Å². The molecule has 1 saturated heterocycles. The molecule has 2 aromatic carbocycles. The quantitative estimate of drug-likeness (QED) is 0.372. The second kappa shape index (κ2) is 9.33. The Morgan fingerprint density at radius 3 is 2.48 bits per heavy atom. The van der Waals surface area contributed by atoms with Crippen LogP contribution in [-0.4, -0.2) is 43.1 Å². The second-order valence-corrected chi connectivity index (χ2v) is 10.3. The SMILES string of the molecule is CC1CC(C)CN(S(=O)(=O)c2cccc(C(=O)CNc3ccc([N+](=O)[O-])c(Cl)c3)c2)C1. The first kappa shape index (κ1) is 23.2. The summed E-state index contributed by atoms with van der Waals surface area (Å²) in [6, 6.07) is 10.1. The molecule has 1 aliphatic heterocycles. The number of Topliss-reactive ketones (excluding diaryl/α,β-unsaturated/α-hetero) is 1. The summed E-state index contributed by atoms with van der Waals surface area (Å²) < 4.78 is 27.7. The molecule has 10 heteroatoms. The highest BCUT2D eigenvalue weighted by Gasteiger charge is 2.32. The van der Waals surface area contributed by atoms with E-state index in [9.17, 15) is 23.3 Å². The van der Waals surface area contributed by atoms with Gasteiger partial charge in [-0.2, -0.15) is 4.31 Å². The van der Waals surface area contributed by atoms with Gasteiger partial charge in [0.1, 0.15) is 5.02 Å². The second-order valence-electron chi connectivity index (χ2n) is 8.00. The van der Waals surface area contributed by atoms with Crippen molar-refractivity contribution in [1.29, 1.82) is 0 Å². The van der Waals surface area contributed by atoms with Crippen LogP contribution in [0.2, 0.25) is 5.02 Å². The molecule has 166 valence electrons. The van der Waals surface area contributed by atoms with E-state index in [4.69, 9.17) is 11.6 Å². The van der Waals surface area contributed by atoms with E-state index in [2.05, 4.69) is 5.32 Å². The molecule has 31 heavy (non-hydrogen) atoms. The average Bonchev–Trinajstić information content (AvgIpc) is 2.71. The van der Waals surface area contributed by atoms with Gasteiger partial charge in [0.2, 0.25) is 10.0 Å². The van der Waals surface area contributed by atoms with Gasteiger partial charge in [0.05, 0.1) is 16.4 Å². The normalized spacial score (nSPS) is 19.7. The van der Waals surface area contributed by atoms with Gasteiger partial charge in [-0.1, -0.05) is 37.6 Å². The number of anilines is 1. The van der Waals surface area contributed by atoms with E-state index in [0.29, 0.717) is 18.8 Å². The van der Waals surface area contributed by atoms with Gasteiger partial charge in [-0.25, -0.2) is 8.42 Å². The van der Waals surface area contributed by atoms with E-state index in [1.54, 1.807) is 12.1 Å². The first-order chi connectivity index (χ1) is 14.6. The monoisotopic (exact) mass is 465 g/mol. The molecule has 2 aromatic rings. The zero-order valence-corrected chi connectivity index (χ0v) is 18.8.